The molecule has 6 heteroatoms. The van der Waals surface area contributed by atoms with Gasteiger partial charge in [-0.3, -0.25) is 14.2 Å². The largest absolute Gasteiger partial charge is 0.494 e. The highest BCUT2D eigenvalue weighted by molar-refractivity contribution is 5.93. The van der Waals surface area contributed by atoms with Crippen molar-refractivity contribution < 1.29 is 9.53 Å². The third-order valence-corrected chi connectivity index (χ3v) is 6.49. The minimum atomic E-state index is -0.204. The van der Waals surface area contributed by atoms with Crippen LogP contribution in [0.1, 0.15) is 48.7 Å². The average molecular weight is 456 g/mol. The first-order valence-electron chi connectivity index (χ1n) is 12.0. The van der Waals surface area contributed by atoms with Crippen molar-refractivity contribution in [3.8, 4) is 17.0 Å². The van der Waals surface area contributed by atoms with Gasteiger partial charge in [0.05, 0.1) is 18.8 Å². The standard InChI is InChI=1S/C28H29N3O3/c1-2-34-23-14-12-20(13-15-23)18-31-26(27(32)29-22-10-6-7-11-22)19-30-24(16-17-25(30)28(31)33)21-8-4-3-5-9-21/h3-5,8-9,12-17,19,22H,2,6-7,10-11,18H2,1H3,(H,29,32). The summed E-state index contributed by atoms with van der Waals surface area (Å²) in [5.74, 6) is 0.580. The summed E-state index contributed by atoms with van der Waals surface area (Å²) in [6.07, 6.45) is 6.02. The minimum Gasteiger partial charge on any atom is -0.494 e. The number of amides is 1. The summed E-state index contributed by atoms with van der Waals surface area (Å²) < 4.78 is 8.97. The Balaban J connectivity index is 1.59. The Morgan fingerprint density at radius 2 is 1.74 bits per heavy atom. The predicted molar refractivity (Wildman–Crippen MR) is 134 cm³/mol. The van der Waals surface area contributed by atoms with Gasteiger partial charge in [0, 0.05) is 12.2 Å². The number of nitrogens with zero attached hydrogens (tertiary/aromatic N) is 2. The number of nitrogens with one attached hydrogen (secondary N) is 1. The van der Waals surface area contributed by atoms with Crippen molar-refractivity contribution in [1.29, 1.82) is 0 Å². The van der Waals surface area contributed by atoms with Gasteiger partial charge in [0.25, 0.3) is 11.5 Å². The van der Waals surface area contributed by atoms with E-state index in [4.69, 9.17) is 4.74 Å². The molecule has 4 aromatic rings. The van der Waals surface area contributed by atoms with E-state index in [1.165, 1.54) is 0 Å². The second kappa shape index (κ2) is 9.59. The van der Waals surface area contributed by atoms with Crippen LogP contribution >= 0.6 is 0 Å². The molecule has 1 fully saturated rings. The van der Waals surface area contributed by atoms with Gasteiger partial charge in [0.1, 0.15) is 17.0 Å². The van der Waals surface area contributed by atoms with Crippen LogP contribution in [0.4, 0.5) is 0 Å². The SMILES string of the molecule is CCOc1ccc(Cn2c(C(=O)NC3CCCC3)cn3c(-c4ccccc4)ccc3c2=O)cc1. The fourth-order valence-corrected chi connectivity index (χ4v) is 4.75. The van der Waals surface area contributed by atoms with Crippen LogP contribution < -0.4 is 15.6 Å². The number of fused-ring (bicyclic) bond motifs is 1. The van der Waals surface area contributed by atoms with Crippen LogP contribution in [0.25, 0.3) is 16.8 Å². The van der Waals surface area contributed by atoms with Crippen LogP contribution in [0.5, 0.6) is 5.75 Å². The van der Waals surface area contributed by atoms with E-state index in [2.05, 4.69) is 5.32 Å². The Morgan fingerprint density at radius 3 is 2.44 bits per heavy atom. The van der Waals surface area contributed by atoms with E-state index in [1.807, 2.05) is 78.1 Å². The highest BCUT2D eigenvalue weighted by Gasteiger charge is 2.22. The van der Waals surface area contributed by atoms with Crippen molar-refractivity contribution >= 4 is 11.4 Å². The van der Waals surface area contributed by atoms with Crippen molar-refractivity contribution in [3.63, 3.8) is 0 Å². The second-order valence-electron chi connectivity index (χ2n) is 8.78. The maximum atomic E-state index is 13.6. The van der Waals surface area contributed by atoms with E-state index >= 15 is 0 Å². The maximum absolute atomic E-state index is 13.6. The van der Waals surface area contributed by atoms with E-state index in [0.717, 1.165) is 48.3 Å². The third-order valence-electron chi connectivity index (χ3n) is 6.49. The monoisotopic (exact) mass is 455 g/mol. The van der Waals surface area contributed by atoms with E-state index in [0.29, 0.717) is 24.4 Å². The Hall–Kier alpha value is -3.80. The summed E-state index contributed by atoms with van der Waals surface area (Å²) in [4.78, 5) is 27.1. The van der Waals surface area contributed by atoms with E-state index in [-0.39, 0.29) is 17.5 Å². The number of carbonyl (C=O) groups excluding carboxylic acids is 1. The number of hydrogen-bond acceptors (Lipinski definition) is 3. The second-order valence-corrected chi connectivity index (χ2v) is 8.78. The van der Waals surface area contributed by atoms with Gasteiger partial charge in [-0.25, -0.2) is 0 Å². The molecular formula is C28H29N3O3. The number of aromatic nitrogens is 2. The zero-order chi connectivity index (χ0) is 23.5. The predicted octanol–water partition coefficient (Wildman–Crippen LogP) is 4.89. The van der Waals surface area contributed by atoms with Crippen molar-refractivity contribution in [2.45, 2.75) is 45.2 Å². The number of carbonyl (C=O) groups is 1. The Kier molecular flexibility index (Phi) is 6.21. The van der Waals surface area contributed by atoms with Crippen LogP contribution in [-0.4, -0.2) is 27.5 Å². The molecule has 0 aliphatic heterocycles. The van der Waals surface area contributed by atoms with Crippen LogP contribution in [0.15, 0.2) is 77.7 Å². The summed E-state index contributed by atoms with van der Waals surface area (Å²) in [7, 11) is 0. The molecule has 1 aliphatic rings. The van der Waals surface area contributed by atoms with Crippen LogP contribution in [-0.2, 0) is 6.54 Å². The van der Waals surface area contributed by atoms with Crippen LogP contribution in [0, 0.1) is 0 Å². The molecule has 0 bridgehead atoms. The fraction of sp³-hybridized carbons (Fsp3) is 0.286. The summed E-state index contributed by atoms with van der Waals surface area (Å²) in [6, 6.07) is 21.5. The fourth-order valence-electron chi connectivity index (χ4n) is 4.75. The zero-order valence-electron chi connectivity index (χ0n) is 19.4. The first-order chi connectivity index (χ1) is 16.6. The molecule has 1 N–H and O–H groups in total. The molecule has 2 heterocycles. The third kappa shape index (κ3) is 4.36. The molecule has 1 amide bonds. The quantitative estimate of drug-likeness (QED) is 0.432. The maximum Gasteiger partial charge on any atom is 0.275 e. The lowest BCUT2D eigenvalue weighted by molar-refractivity contribution is 0.0927. The Morgan fingerprint density at radius 1 is 1.00 bits per heavy atom. The van der Waals surface area contributed by atoms with Gasteiger partial charge < -0.3 is 14.5 Å². The van der Waals surface area contributed by atoms with Gasteiger partial charge >= 0.3 is 0 Å². The molecule has 2 aromatic heterocycles. The normalized spacial score (nSPS) is 13.9. The molecule has 6 nitrogen and oxygen atoms in total. The topological polar surface area (TPSA) is 64.7 Å². The molecule has 0 saturated heterocycles. The molecule has 174 valence electrons. The molecule has 1 saturated carbocycles. The van der Waals surface area contributed by atoms with Gasteiger partial charge in [0.2, 0.25) is 0 Å². The molecule has 2 aromatic carbocycles. The first-order valence-corrected chi connectivity index (χ1v) is 12.0. The average Bonchev–Trinajstić information content (AvgIpc) is 3.52. The molecule has 5 rings (SSSR count). The number of benzene rings is 2. The lowest BCUT2D eigenvalue weighted by atomic mass is 10.1. The highest BCUT2D eigenvalue weighted by atomic mass is 16.5. The van der Waals surface area contributed by atoms with Crippen molar-refractivity contribution in [2.24, 2.45) is 0 Å². The van der Waals surface area contributed by atoms with Crippen LogP contribution in [0.2, 0.25) is 0 Å². The Bertz CT molecular complexity index is 1350. The van der Waals surface area contributed by atoms with Gasteiger partial charge in [-0.2, -0.15) is 0 Å². The lowest BCUT2D eigenvalue weighted by Gasteiger charge is -2.18. The van der Waals surface area contributed by atoms with E-state index < -0.39 is 0 Å². The molecule has 0 radical (unpaired) electrons. The smallest absolute Gasteiger partial charge is 0.275 e. The number of rotatable bonds is 7. The van der Waals surface area contributed by atoms with Gasteiger partial charge in [0.15, 0.2) is 0 Å². The highest BCUT2D eigenvalue weighted by Crippen LogP contribution is 2.23. The van der Waals surface area contributed by atoms with Crippen LogP contribution in [0.3, 0.4) is 0 Å². The summed E-state index contributed by atoms with van der Waals surface area (Å²) in [5.41, 5.74) is 3.54. The van der Waals surface area contributed by atoms with Gasteiger partial charge in [-0.15, -0.1) is 0 Å². The van der Waals surface area contributed by atoms with Crippen molar-refractivity contribution in [1.82, 2.24) is 14.3 Å². The summed E-state index contributed by atoms with van der Waals surface area (Å²) in [5, 5.41) is 3.16. The molecular weight excluding hydrogens is 426 g/mol. The van der Waals surface area contributed by atoms with E-state index in [1.54, 1.807) is 10.8 Å². The zero-order valence-corrected chi connectivity index (χ0v) is 19.4. The number of ether oxygens (including phenoxy) is 1. The Labute approximate surface area is 198 Å². The summed E-state index contributed by atoms with van der Waals surface area (Å²) >= 11 is 0. The van der Waals surface area contributed by atoms with Gasteiger partial charge in [-0.05, 0) is 55.2 Å². The molecule has 34 heavy (non-hydrogen) atoms. The van der Waals surface area contributed by atoms with Crippen molar-refractivity contribution in [3.05, 3.63) is 94.5 Å². The lowest BCUT2D eigenvalue weighted by Crippen LogP contribution is -2.38. The minimum absolute atomic E-state index is 0.162. The molecule has 0 atom stereocenters. The summed E-state index contributed by atoms with van der Waals surface area (Å²) in [6.45, 7) is 2.85. The van der Waals surface area contributed by atoms with Gasteiger partial charge in [-0.1, -0.05) is 55.3 Å². The van der Waals surface area contributed by atoms with E-state index in [9.17, 15) is 9.59 Å². The van der Waals surface area contributed by atoms with Crippen molar-refractivity contribution in [2.75, 3.05) is 6.61 Å². The molecule has 1 aliphatic carbocycles. The number of hydrogen-bond donors (Lipinski definition) is 1. The first kappa shape index (κ1) is 22.0. The molecule has 0 spiro atoms. The molecule has 0 unspecified atom stereocenters.